The van der Waals surface area contributed by atoms with Gasteiger partial charge in [-0.1, -0.05) is 91.0 Å². The van der Waals surface area contributed by atoms with E-state index in [2.05, 4.69) is 148 Å². The van der Waals surface area contributed by atoms with Gasteiger partial charge < -0.3 is 9.47 Å². The number of ether oxygens (including phenoxy) is 2. The first-order valence-electron chi connectivity index (χ1n) is 15.4. The van der Waals surface area contributed by atoms with Gasteiger partial charge in [-0.05, 0) is 83.4 Å². The smallest absolute Gasteiger partial charge is 0.119 e. The molecular formula is C40H36N4O2. The zero-order chi connectivity index (χ0) is 31.3. The molecular weight excluding hydrogens is 568 g/mol. The van der Waals surface area contributed by atoms with E-state index >= 15 is 0 Å². The van der Waals surface area contributed by atoms with Gasteiger partial charge in [0.25, 0.3) is 0 Å². The summed E-state index contributed by atoms with van der Waals surface area (Å²) >= 11 is 0. The monoisotopic (exact) mass is 604 g/mol. The van der Waals surface area contributed by atoms with Gasteiger partial charge in [-0.15, -0.1) is 0 Å². The molecule has 5 aromatic rings. The quantitative estimate of drug-likeness (QED) is 0.176. The second-order valence-corrected chi connectivity index (χ2v) is 11.2. The highest BCUT2D eigenvalue weighted by molar-refractivity contribution is 5.70. The third-order valence-corrected chi connectivity index (χ3v) is 8.36. The van der Waals surface area contributed by atoms with E-state index in [-0.39, 0.29) is 12.1 Å². The van der Waals surface area contributed by atoms with Crippen LogP contribution in [0.25, 0.3) is 6.08 Å². The summed E-state index contributed by atoms with van der Waals surface area (Å²) in [5.74, 6) is 1.64. The average Bonchev–Trinajstić information content (AvgIpc) is 3.78. The molecule has 0 bridgehead atoms. The molecule has 0 fully saturated rings. The number of methoxy groups -OCH3 is 2. The Kier molecular flexibility index (Phi) is 8.16. The lowest BCUT2D eigenvalue weighted by atomic mass is 10.00. The normalized spacial score (nSPS) is 17.0. The summed E-state index contributed by atoms with van der Waals surface area (Å²) in [5, 5.41) is 4.43. The number of nitrogens with zero attached hydrogens (tertiary/aromatic N) is 2. The molecule has 46 heavy (non-hydrogen) atoms. The van der Waals surface area contributed by atoms with E-state index in [1.165, 1.54) is 11.1 Å². The fraction of sp³-hybridized carbons (Fsp3) is 0.100. The number of anilines is 2. The molecule has 2 N–H and O–H groups in total. The van der Waals surface area contributed by atoms with Gasteiger partial charge in [0, 0.05) is 5.57 Å². The molecule has 2 atom stereocenters. The first-order chi connectivity index (χ1) is 22.7. The van der Waals surface area contributed by atoms with Crippen LogP contribution in [0.4, 0.5) is 11.4 Å². The summed E-state index contributed by atoms with van der Waals surface area (Å²) in [6, 6.07) is 47.9. The Bertz CT molecular complexity index is 1740. The maximum absolute atomic E-state index is 5.45. The Balaban J connectivity index is 1.33. The number of benzene rings is 5. The topological polar surface area (TPSA) is 49.0 Å². The fourth-order valence-corrected chi connectivity index (χ4v) is 5.98. The minimum atomic E-state index is -0.0339. The molecule has 7 rings (SSSR count). The number of rotatable bonds is 9. The van der Waals surface area contributed by atoms with Crippen molar-refractivity contribution in [3.63, 3.8) is 0 Å². The van der Waals surface area contributed by atoms with Crippen LogP contribution in [-0.2, 0) is 0 Å². The Morgan fingerprint density at radius 3 is 1.30 bits per heavy atom. The molecule has 2 aliphatic rings. The predicted octanol–water partition coefficient (Wildman–Crippen LogP) is 8.39. The van der Waals surface area contributed by atoms with Crippen molar-refractivity contribution in [2.24, 2.45) is 0 Å². The molecule has 5 aromatic carbocycles. The van der Waals surface area contributed by atoms with Gasteiger partial charge in [0.15, 0.2) is 0 Å². The Labute approximate surface area is 270 Å². The lowest BCUT2D eigenvalue weighted by Crippen LogP contribution is -2.37. The van der Waals surface area contributed by atoms with Crippen molar-refractivity contribution >= 4 is 17.5 Å². The average molecular weight is 605 g/mol. The first-order valence-corrected chi connectivity index (χ1v) is 15.4. The fourth-order valence-electron chi connectivity index (χ4n) is 5.98. The summed E-state index contributed by atoms with van der Waals surface area (Å²) in [4.78, 5) is 0. The molecule has 228 valence electrons. The molecule has 0 aliphatic carbocycles. The van der Waals surface area contributed by atoms with Gasteiger partial charge in [-0.25, -0.2) is 0 Å². The zero-order valence-electron chi connectivity index (χ0n) is 25.9. The van der Waals surface area contributed by atoms with Crippen molar-refractivity contribution in [3.8, 4) is 11.5 Å². The SMILES string of the molecule is COc1ccc(N2NC(C(=Cc3ccccc3)C3=CC(c4ccccc4)N(c4ccc(OC)cc4)N3)=CC2c2ccccc2)cc1. The molecule has 6 nitrogen and oxygen atoms in total. The minimum absolute atomic E-state index is 0.0339. The highest BCUT2D eigenvalue weighted by Crippen LogP contribution is 2.40. The van der Waals surface area contributed by atoms with Crippen molar-refractivity contribution in [1.29, 1.82) is 0 Å². The highest BCUT2D eigenvalue weighted by atomic mass is 16.5. The van der Waals surface area contributed by atoms with E-state index in [0.717, 1.165) is 45.4 Å². The summed E-state index contributed by atoms with van der Waals surface area (Å²) < 4.78 is 10.9. The molecule has 2 unspecified atom stereocenters. The van der Waals surface area contributed by atoms with Crippen LogP contribution in [0.2, 0.25) is 0 Å². The lowest BCUT2D eigenvalue weighted by Gasteiger charge is -2.29. The van der Waals surface area contributed by atoms with Gasteiger partial charge in [-0.2, -0.15) is 0 Å². The third-order valence-electron chi connectivity index (χ3n) is 8.36. The van der Waals surface area contributed by atoms with Gasteiger partial charge in [-0.3, -0.25) is 20.9 Å². The van der Waals surface area contributed by atoms with Gasteiger partial charge >= 0.3 is 0 Å². The van der Waals surface area contributed by atoms with Crippen molar-refractivity contribution in [3.05, 3.63) is 185 Å². The zero-order valence-corrected chi connectivity index (χ0v) is 25.9. The van der Waals surface area contributed by atoms with E-state index < -0.39 is 0 Å². The maximum atomic E-state index is 5.45. The van der Waals surface area contributed by atoms with Crippen LogP contribution in [0.5, 0.6) is 11.5 Å². The van der Waals surface area contributed by atoms with Crippen LogP contribution >= 0.6 is 0 Å². The van der Waals surface area contributed by atoms with Crippen LogP contribution in [0, 0.1) is 0 Å². The van der Waals surface area contributed by atoms with E-state index in [1.54, 1.807) is 14.2 Å². The van der Waals surface area contributed by atoms with Gasteiger partial charge in [0.05, 0.1) is 49.1 Å². The molecule has 6 heteroatoms. The van der Waals surface area contributed by atoms with E-state index in [0.29, 0.717) is 0 Å². The standard InChI is InChI=1S/C40H36N4O2/c1-45-34-22-18-32(19-23-34)43-39(30-14-8-4-9-15-30)27-37(41-43)36(26-29-12-6-3-7-13-29)38-28-40(31-16-10-5-11-17-31)44(42-38)33-20-24-35(46-2)25-21-33/h3-28,39-42H,1-2H3. The number of nitrogens with one attached hydrogen (secondary N) is 2. The molecule has 2 aliphatic heterocycles. The molecule has 0 aromatic heterocycles. The predicted molar refractivity (Wildman–Crippen MR) is 186 cm³/mol. The maximum Gasteiger partial charge on any atom is 0.119 e. The van der Waals surface area contributed by atoms with Crippen molar-refractivity contribution in [2.75, 3.05) is 24.2 Å². The number of hydrogen-bond acceptors (Lipinski definition) is 6. The lowest BCUT2D eigenvalue weighted by molar-refractivity contribution is 0.414. The Morgan fingerprint density at radius 1 is 0.522 bits per heavy atom. The second-order valence-electron chi connectivity index (χ2n) is 11.2. The molecule has 2 heterocycles. The third kappa shape index (κ3) is 5.93. The van der Waals surface area contributed by atoms with Crippen molar-refractivity contribution in [2.45, 2.75) is 12.1 Å². The van der Waals surface area contributed by atoms with Crippen molar-refractivity contribution in [1.82, 2.24) is 10.9 Å². The van der Waals surface area contributed by atoms with Crippen LogP contribution in [0.15, 0.2) is 169 Å². The second kappa shape index (κ2) is 13.0. The highest BCUT2D eigenvalue weighted by Gasteiger charge is 2.33. The molecule has 0 radical (unpaired) electrons. The largest absolute Gasteiger partial charge is 0.497 e. The summed E-state index contributed by atoms with van der Waals surface area (Å²) in [7, 11) is 3.38. The van der Waals surface area contributed by atoms with Crippen molar-refractivity contribution < 1.29 is 9.47 Å². The van der Waals surface area contributed by atoms with Gasteiger partial charge in [0.1, 0.15) is 11.5 Å². The van der Waals surface area contributed by atoms with Gasteiger partial charge in [0.2, 0.25) is 0 Å². The van der Waals surface area contributed by atoms with Crippen LogP contribution in [-0.4, -0.2) is 14.2 Å². The minimum Gasteiger partial charge on any atom is -0.497 e. The van der Waals surface area contributed by atoms with E-state index in [1.807, 2.05) is 30.3 Å². The van der Waals surface area contributed by atoms with Crippen LogP contribution in [0.1, 0.15) is 28.8 Å². The van der Waals surface area contributed by atoms with Crippen LogP contribution < -0.4 is 30.3 Å². The summed E-state index contributed by atoms with van der Waals surface area (Å²) in [5.41, 5.74) is 16.2. The van der Waals surface area contributed by atoms with E-state index in [9.17, 15) is 0 Å². The Morgan fingerprint density at radius 2 is 0.913 bits per heavy atom. The Hall–Kier alpha value is -5.88. The molecule has 0 saturated heterocycles. The molecule has 0 saturated carbocycles. The first kappa shape index (κ1) is 28.9. The summed E-state index contributed by atoms with van der Waals surface area (Å²) in [6.45, 7) is 0. The number of hydrogen-bond donors (Lipinski definition) is 2. The molecule has 0 spiro atoms. The summed E-state index contributed by atoms with van der Waals surface area (Å²) in [6.07, 6.45) is 6.87. The number of hydrazine groups is 2. The van der Waals surface area contributed by atoms with Crippen LogP contribution in [0.3, 0.4) is 0 Å². The molecule has 0 amide bonds. The van der Waals surface area contributed by atoms with E-state index in [4.69, 9.17) is 9.47 Å².